The smallest absolute Gasteiger partial charge is 0.331 e. The highest BCUT2D eigenvalue weighted by Gasteiger charge is 2.20. The molecule has 0 N–H and O–H groups in total. The molecule has 1 fully saturated rings. The number of fused-ring (bicyclic) bond motifs is 1. The largest absolute Gasteiger partial charge is 0.477 e. The summed E-state index contributed by atoms with van der Waals surface area (Å²) in [4.78, 5) is 34.9. The van der Waals surface area contributed by atoms with Gasteiger partial charge in [-0.25, -0.2) is 9.78 Å². The Labute approximate surface area is 220 Å². The Morgan fingerprint density at radius 3 is 2.76 bits per heavy atom. The molecule has 1 aliphatic rings. The summed E-state index contributed by atoms with van der Waals surface area (Å²) in [6.45, 7) is 11.3. The van der Waals surface area contributed by atoms with E-state index in [1.165, 1.54) is 16.6 Å². The van der Waals surface area contributed by atoms with Crippen molar-refractivity contribution in [1.29, 1.82) is 0 Å². The van der Waals surface area contributed by atoms with Crippen molar-refractivity contribution in [3.8, 4) is 5.88 Å². The minimum Gasteiger partial charge on any atom is -0.477 e. The van der Waals surface area contributed by atoms with E-state index in [0.29, 0.717) is 31.4 Å². The molecular weight excluding hydrogens is 490 g/mol. The summed E-state index contributed by atoms with van der Waals surface area (Å²) >= 11 is 1.59. The normalized spacial score (nSPS) is 16.4. The standard InChI is InChI=1S/C28H33N3O5S/c1-18(2)22-17-37-24(29-22)8-6-19-10-12-31-23(14-19)30-26(35-16-20-11-13-34-15-20)21(27(31)33)7-9-25(32)36-28(3,4)5/h6-10,12,14,17-18,20H,11,13,15-16H2,1-5H3/b8-6+,9-7+. The van der Waals surface area contributed by atoms with Crippen molar-refractivity contribution in [3.05, 3.63) is 62.0 Å². The highest BCUT2D eigenvalue weighted by Crippen LogP contribution is 2.22. The molecule has 0 spiro atoms. The summed E-state index contributed by atoms with van der Waals surface area (Å²) < 4.78 is 18.2. The zero-order chi connectivity index (χ0) is 26.6. The van der Waals surface area contributed by atoms with E-state index in [2.05, 4.69) is 29.2 Å². The average molecular weight is 524 g/mol. The van der Waals surface area contributed by atoms with E-state index >= 15 is 0 Å². The minimum atomic E-state index is -0.640. The first-order valence-corrected chi connectivity index (χ1v) is 13.3. The highest BCUT2D eigenvalue weighted by atomic mass is 32.1. The number of esters is 1. The number of rotatable bonds is 8. The van der Waals surface area contributed by atoms with E-state index in [1.807, 2.05) is 24.3 Å². The first kappa shape index (κ1) is 26.8. The van der Waals surface area contributed by atoms with Gasteiger partial charge in [0.1, 0.15) is 21.8 Å². The second-order valence-corrected chi connectivity index (χ2v) is 11.2. The van der Waals surface area contributed by atoms with Gasteiger partial charge >= 0.3 is 5.97 Å². The molecule has 0 amide bonds. The number of carbonyl (C=O) groups is 1. The van der Waals surface area contributed by atoms with Crippen LogP contribution < -0.4 is 10.3 Å². The van der Waals surface area contributed by atoms with Crippen LogP contribution in [0.2, 0.25) is 0 Å². The maximum atomic E-state index is 13.4. The fourth-order valence-corrected chi connectivity index (χ4v) is 4.58. The number of hydrogen-bond acceptors (Lipinski definition) is 8. The van der Waals surface area contributed by atoms with Crippen molar-refractivity contribution in [2.45, 2.75) is 52.6 Å². The van der Waals surface area contributed by atoms with Crippen molar-refractivity contribution in [2.24, 2.45) is 5.92 Å². The summed E-state index contributed by atoms with van der Waals surface area (Å²) in [6, 6.07) is 3.66. The predicted molar refractivity (Wildman–Crippen MR) is 146 cm³/mol. The van der Waals surface area contributed by atoms with Crippen LogP contribution in [0.5, 0.6) is 5.88 Å². The second-order valence-electron chi connectivity index (χ2n) is 10.3. The molecule has 0 aliphatic carbocycles. The van der Waals surface area contributed by atoms with E-state index in [4.69, 9.17) is 14.2 Å². The van der Waals surface area contributed by atoms with E-state index in [0.717, 1.165) is 22.7 Å². The Bertz CT molecular complexity index is 1370. The van der Waals surface area contributed by atoms with Gasteiger partial charge in [0, 0.05) is 30.2 Å². The Kier molecular flexibility index (Phi) is 8.24. The molecule has 1 aliphatic heterocycles. The van der Waals surface area contributed by atoms with Gasteiger partial charge in [0.25, 0.3) is 5.56 Å². The van der Waals surface area contributed by atoms with Gasteiger partial charge in [0.2, 0.25) is 5.88 Å². The lowest BCUT2D eigenvalue weighted by Crippen LogP contribution is -2.23. The third-order valence-corrected chi connectivity index (χ3v) is 6.50. The van der Waals surface area contributed by atoms with Crippen LogP contribution in [-0.2, 0) is 14.3 Å². The van der Waals surface area contributed by atoms with Crippen LogP contribution in [0, 0.1) is 5.92 Å². The Morgan fingerprint density at radius 1 is 1.27 bits per heavy atom. The molecule has 0 saturated carbocycles. The fraction of sp³-hybridized carbons (Fsp3) is 0.429. The van der Waals surface area contributed by atoms with Gasteiger partial charge in [-0.1, -0.05) is 19.9 Å². The summed E-state index contributed by atoms with van der Waals surface area (Å²) in [7, 11) is 0. The van der Waals surface area contributed by atoms with Crippen LogP contribution in [0.25, 0.3) is 23.9 Å². The van der Waals surface area contributed by atoms with Gasteiger partial charge in [0.05, 0.1) is 18.9 Å². The van der Waals surface area contributed by atoms with E-state index in [9.17, 15) is 9.59 Å². The zero-order valence-corrected chi connectivity index (χ0v) is 22.7. The van der Waals surface area contributed by atoms with Crippen molar-refractivity contribution in [2.75, 3.05) is 19.8 Å². The molecule has 0 aromatic carbocycles. The molecule has 0 radical (unpaired) electrons. The van der Waals surface area contributed by atoms with Gasteiger partial charge in [-0.05, 0) is 63.0 Å². The maximum Gasteiger partial charge on any atom is 0.331 e. The van der Waals surface area contributed by atoms with Gasteiger partial charge in [-0.15, -0.1) is 11.3 Å². The minimum absolute atomic E-state index is 0.180. The second kappa shape index (κ2) is 11.4. The summed E-state index contributed by atoms with van der Waals surface area (Å²) in [5.74, 6) is 0.240. The van der Waals surface area contributed by atoms with Gasteiger partial charge in [-0.3, -0.25) is 9.20 Å². The van der Waals surface area contributed by atoms with E-state index in [-0.39, 0.29) is 22.9 Å². The van der Waals surface area contributed by atoms with Crippen LogP contribution >= 0.6 is 11.3 Å². The number of thiazole rings is 1. The quantitative estimate of drug-likeness (QED) is 0.295. The molecule has 3 aromatic rings. The molecule has 1 unspecified atom stereocenters. The SMILES string of the molecule is CC(C)c1csc(/C=C/c2ccn3c(=O)c(/C=C/C(=O)OC(C)(C)C)c(OCC4CCOC4)nc3c2)n1. The number of nitrogens with zero attached hydrogens (tertiary/aromatic N) is 3. The lowest BCUT2D eigenvalue weighted by Gasteiger charge is -2.18. The molecule has 4 heterocycles. The van der Waals surface area contributed by atoms with E-state index < -0.39 is 11.6 Å². The van der Waals surface area contributed by atoms with Gasteiger partial charge < -0.3 is 14.2 Å². The summed E-state index contributed by atoms with van der Waals surface area (Å²) in [5.41, 5.74) is 1.60. The predicted octanol–water partition coefficient (Wildman–Crippen LogP) is 5.22. The Balaban J connectivity index is 1.66. The number of ether oxygens (including phenoxy) is 3. The van der Waals surface area contributed by atoms with Crippen molar-refractivity contribution >= 4 is 41.2 Å². The molecule has 1 atom stereocenters. The molecule has 8 nitrogen and oxygen atoms in total. The zero-order valence-electron chi connectivity index (χ0n) is 21.9. The number of pyridine rings is 1. The maximum absolute atomic E-state index is 13.4. The number of carbonyl (C=O) groups excluding carboxylic acids is 1. The first-order chi connectivity index (χ1) is 17.6. The van der Waals surface area contributed by atoms with E-state index in [1.54, 1.807) is 38.3 Å². The topological polar surface area (TPSA) is 92.0 Å². The van der Waals surface area contributed by atoms with Crippen molar-refractivity contribution in [3.63, 3.8) is 0 Å². The molecule has 37 heavy (non-hydrogen) atoms. The number of aromatic nitrogens is 3. The molecule has 9 heteroatoms. The lowest BCUT2D eigenvalue weighted by atomic mass is 10.1. The molecule has 4 rings (SSSR count). The summed E-state index contributed by atoms with van der Waals surface area (Å²) in [6.07, 6.45) is 9.11. The van der Waals surface area contributed by atoms with Crippen LogP contribution in [-0.4, -0.2) is 45.8 Å². The van der Waals surface area contributed by atoms with Crippen LogP contribution in [0.4, 0.5) is 0 Å². The van der Waals surface area contributed by atoms with Crippen LogP contribution in [0.15, 0.2) is 34.6 Å². The van der Waals surface area contributed by atoms with Crippen molar-refractivity contribution in [1.82, 2.24) is 14.4 Å². The Hall–Kier alpha value is -3.30. The molecular formula is C28H33N3O5S. The van der Waals surface area contributed by atoms with Gasteiger partial charge in [0.15, 0.2) is 0 Å². The van der Waals surface area contributed by atoms with Crippen molar-refractivity contribution < 1.29 is 19.0 Å². The molecule has 0 bridgehead atoms. The van der Waals surface area contributed by atoms with Crippen LogP contribution in [0.3, 0.4) is 0 Å². The number of hydrogen-bond donors (Lipinski definition) is 0. The Morgan fingerprint density at radius 2 is 2.08 bits per heavy atom. The monoisotopic (exact) mass is 523 g/mol. The average Bonchev–Trinajstić information content (AvgIpc) is 3.52. The fourth-order valence-electron chi connectivity index (χ4n) is 3.71. The molecule has 3 aromatic heterocycles. The lowest BCUT2D eigenvalue weighted by molar-refractivity contribution is -0.148. The first-order valence-electron chi connectivity index (χ1n) is 12.4. The third kappa shape index (κ3) is 7.14. The summed E-state index contributed by atoms with van der Waals surface area (Å²) in [5, 5.41) is 2.98. The third-order valence-electron chi connectivity index (χ3n) is 5.68. The van der Waals surface area contributed by atoms with Crippen LogP contribution in [0.1, 0.15) is 68.8 Å². The van der Waals surface area contributed by atoms with Gasteiger partial charge in [-0.2, -0.15) is 4.98 Å². The molecule has 196 valence electrons. The molecule has 1 saturated heterocycles. The highest BCUT2D eigenvalue weighted by molar-refractivity contribution is 7.10.